The number of amides is 4. The van der Waals surface area contributed by atoms with Crippen LogP contribution in [0, 0.1) is 11.3 Å². The van der Waals surface area contributed by atoms with Gasteiger partial charge in [-0.1, -0.05) is 30.3 Å². The van der Waals surface area contributed by atoms with Gasteiger partial charge in [-0.3, -0.25) is 24.1 Å². The van der Waals surface area contributed by atoms with Crippen LogP contribution in [0.3, 0.4) is 0 Å². The van der Waals surface area contributed by atoms with Crippen LogP contribution in [0.4, 0.5) is 5.69 Å². The Labute approximate surface area is 160 Å². The third kappa shape index (κ3) is 3.88. The van der Waals surface area contributed by atoms with E-state index in [0.717, 1.165) is 4.90 Å². The number of nitrogens with zero attached hydrogens (tertiary/aromatic N) is 2. The molecule has 4 amide bonds. The highest BCUT2D eigenvalue weighted by molar-refractivity contribution is 6.22. The SMILES string of the molecule is N#CCC(=O)Nc1ccccc1CNC(=O)CN1C(=O)c2ccccc2C1=O. The zero-order valence-corrected chi connectivity index (χ0v) is 14.8. The van der Waals surface area contributed by atoms with Crippen molar-refractivity contribution >= 4 is 29.3 Å². The maximum absolute atomic E-state index is 12.3. The van der Waals surface area contributed by atoms with Gasteiger partial charge in [0.2, 0.25) is 11.8 Å². The van der Waals surface area contributed by atoms with Crippen molar-refractivity contribution < 1.29 is 19.2 Å². The van der Waals surface area contributed by atoms with Crippen molar-refractivity contribution in [1.29, 1.82) is 5.26 Å². The highest BCUT2D eigenvalue weighted by Gasteiger charge is 2.36. The Morgan fingerprint density at radius 3 is 2.18 bits per heavy atom. The number of nitrogens with one attached hydrogen (secondary N) is 2. The molecule has 2 N–H and O–H groups in total. The van der Waals surface area contributed by atoms with E-state index in [1.165, 1.54) is 0 Å². The number of rotatable bonds is 6. The van der Waals surface area contributed by atoms with Crippen LogP contribution in [0.5, 0.6) is 0 Å². The number of carbonyl (C=O) groups excluding carboxylic acids is 4. The minimum absolute atomic E-state index is 0.0883. The standard InChI is InChI=1S/C20H16N4O4/c21-10-9-17(25)23-16-8-4-1-5-13(16)11-22-18(26)12-24-19(27)14-6-2-3-7-15(14)20(24)28/h1-8H,9,11-12H2,(H,22,26)(H,23,25). The molecule has 1 heterocycles. The summed E-state index contributed by atoms with van der Waals surface area (Å²) in [4.78, 5) is 49.4. The Kier molecular flexibility index (Phi) is 5.46. The Morgan fingerprint density at radius 1 is 0.929 bits per heavy atom. The molecule has 1 aliphatic rings. The van der Waals surface area contributed by atoms with Gasteiger partial charge in [0, 0.05) is 12.2 Å². The summed E-state index contributed by atoms with van der Waals surface area (Å²) in [6, 6.07) is 15.0. The van der Waals surface area contributed by atoms with Crippen LogP contribution in [0.2, 0.25) is 0 Å². The first kappa shape index (κ1) is 18.8. The van der Waals surface area contributed by atoms with Gasteiger partial charge in [-0.2, -0.15) is 5.26 Å². The molecular formula is C20H16N4O4. The van der Waals surface area contributed by atoms with Gasteiger partial charge in [0.05, 0.1) is 17.2 Å². The van der Waals surface area contributed by atoms with E-state index >= 15 is 0 Å². The predicted octanol–water partition coefficient (Wildman–Crippen LogP) is 1.45. The average Bonchev–Trinajstić information content (AvgIpc) is 2.93. The third-order valence-corrected chi connectivity index (χ3v) is 4.19. The van der Waals surface area contributed by atoms with Gasteiger partial charge >= 0.3 is 0 Å². The zero-order valence-electron chi connectivity index (χ0n) is 14.8. The van der Waals surface area contributed by atoms with E-state index in [9.17, 15) is 19.2 Å². The molecule has 0 atom stereocenters. The van der Waals surface area contributed by atoms with E-state index < -0.39 is 30.2 Å². The molecule has 2 aromatic carbocycles. The highest BCUT2D eigenvalue weighted by atomic mass is 16.2. The molecule has 8 nitrogen and oxygen atoms in total. The summed E-state index contributed by atoms with van der Waals surface area (Å²) in [6.07, 6.45) is -0.277. The summed E-state index contributed by atoms with van der Waals surface area (Å²) in [7, 11) is 0. The number of imide groups is 1. The normalized spacial score (nSPS) is 12.3. The van der Waals surface area contributed by atoms with Crippen LogP contribution in [0.1, 0.15) is 32.7 Å². The topological polar surface area (TPSA) is 119 Å². The van der Waals surface area contributed by atoms with E-state index in [4.69, 9.17) is 5.26 Å². The fraction of sp³-hybridized carbons (Fsp3) is 0.150. The summed E-state index contributed by atoms with van der Waals surface area (Å²) in [5.74, 6) is -1.96. The van der Waals surface area contributed by atoms with Crippen molar-refractivity contribution in [1.82, 2.24) is 10.2 Å². The van der Waals surface area contributed by atoms with Crippen LogP contribution in [0.15, 0.2) is 48.5 Å². The second kappa shape index (κ2) is 8.14. The fourth-order valence-corrected chi connectivity index (χ4v) is 2.84. The number of hydrogen-bond acceptors (Lipinski definition) is 5. The molecule has 0 unspecified atom stereocenters. The third-order valence-electron chi connectivity index (χ3n) is 4.19. The average molecular weight is 376 g/mol. The molecule has 2 aromatic rings. The molecule has 0 spiro atoms. The van der Waals surface area contributed by atoms with Crippen LogP contribution in [-0.2, 0) is 16.1 Å². The van der Waals surface area contributed by atoms with Gasteiger partial charge in [0.25, 0.3) is 11.8 Å². The van der Waals surface area contributed by atoms with Crippen molar-refractivity contribution in [3.05, 3.63) is 65.2 Å². The number of carbonyl (C=O) groups is 4. The smallest absolute Gasteiger partial charge is 0.262 e. The quantitative estimate of drug-likeness (QED) is 0.740. The summed E-state index contributed by atoms with van der Waals surface area (Å²) in [6.45, 7) is -0.305. The molecule has 0 fully saturated rings. The van der Waals surface area contributed by atoms with E-state index in [0.29, 0.717) is 11.3 Å². The largest absolute Gasteiger partial charge is 0.350 e. The van der Waals surface area contributed by atoms with Crippen molar-refractivity contribution in [2.45, 2.75) is 13.0 Å². The Bertz CT molecular complexity index is 974. The van der Waals surface area contributed by atoms with E-state index in [-0.39, 0.29) is 24.1 Å². The number of fused-ring (bicyclic) bond motifs is 1. The van der Waals surface area contributed by atoms with E-state index in [1.807, 2.05) is 0 Å². The minimum atomic E-state index is -0.507. The lowest BCUT2D eigenvalue weighted by Gasteiger charge is -2.15. The number of para-hydroxylation sites is 1. The maximum atomic E-state index is 12.3. The molecule has 1 aliphatic heterocycles. The summed E-state index contributed by atoms with van der Waals surface area (Å²) < 4.78 is 0. The lowest BCUT2D eigenvalue weighted by Crippen LogP contribution is -2.40. The molecule has 0 saturated heterocycles. The summed E-state index contributed by atoms with van der Waals surface area (Å²) >= 11 is 0. The van der Waals surface area contributed by atoms with Crippen molar-refractivity contribution in [2.24, 2.45) is 0 Å². The lowest BCUT2D eigenvalue weighted by atomic mass is 10.1. The van der Waals surface area contributed by atoms with Gasteiger partial charge < -0.3 is 10.6 Å². The number of benzene rings is 2. The van der Waals surface area contributed by atoms with Crippen LogP contribution >= 0.6 is 0 Å². The molecule has 8 heteroatoms. The monoisotopic (exact) mass is 376 g/mol. The predicted molar refractivity (Wildman–Crippen MR) is 99.0 cm³/mol. The molecular weight excluding hydrogens is 360 g/mol. The van der Waals surface area contributed by atoms with E-state index in [1.54, 1.807) is 54.6 Å². The Hall–Kier alpha value is -3.99. The second-order valence-electron chi connectivity index (χ2n) is 6.06. The number of hydrogen-bond donors (Lipinski definition) is 2. The molecule has 28 heavy (non-hydrogen) atoms. The van der Waals surface area contributed by atoms with Crippen molar-refractivity contribution in [2.75, 3.05) is 11.9 Å². The van der Waals surface area contributed by atoms with E-state index in [2.05, 4.69) is 10.6 Å². The van der Waals surface area contributed by atoms with Gasteiger partial charge in [-0.05, 0) is 23.8 Å². The van der Waals surface area contributed by atoms with Crippen LogP contribution in [0.25, 0.3) is 0 Å². The number of anilines is 1. The summed E-state index contributed by atoms with van der Waals surface area (Å²) in [5.41, 5.74) is 1.67. The first-order valence-corrected chi connectivity index (χ1v) is 8.48. The fourth-order valence-electron chi connectivity index (χ4n) is 2.84. The van der Waals surface area contributed by atoms with Crippen LogP contribution < -0.4 is 10.6 Å². The molecule has 0 saturated carbocycles. The molecule has 0 aliphatic carbocycles. The second-order valence-corrected chi connectivity index (χ2v) is 6.06. The Morgan fingerprint density at radius 2 is 1.54 bits per heavy atom. The van der Waals surface area contributed by atoms with Crippen LogP contribution in [-0.4, -0.2) is 35.1 Å². The van der Waals surface area contributed by atoms with Gasteiger partial charge in [0.1, 0.15) is 13.0 Å². The molecule has 0 bridgehead atoms. The number of nitriles is 1. The van der Waals surface area contributed by atoms with Gasteiger partial charge in [-0.15, -0.1) is 0 Å². The molecule has 3 rings (SSSR count). The Balaban J connectivity index is 1.62. The van der Waals surface area contributed by atoms with Gasteiger partial charge in [-0.25, -0.2) is 0 Å². The van der Waals surface area contributed by atoms with Crippen molar-refractivity contribution in [3.8, 4) is 6.07 Å². The highest BCUT2D eigenvalue weighted by Crippen LogP contribution is 2.22. The molecule has 140 valence electrons. The minimum Gasteiger partial charge on any atom is -0.350 e. The molecule has 0 aromatic heterocycles. The lowest BCUT2D eigenvalue weighted by molar-refractivity contribution is -0.121. The summed E-state index contributed by atoms with van der Waals surface area (Å²) in [5, 5.41) is 13.8. The van der Waals surface area contributed by atoms with Crippen molar-refractivity contribution in [3.63, 3.8) is 0 Å². The molecule has 0 radical (unpaired) electrons. The van der Waals surface area contributed by atoms with Gasteiger partial charge in [0.15, 0.2) is 0 Å². The maximum Gasteiger partial charge on any atom is 0.262 e. The first-order valence-electron chi connectivity index (χ1n) is 8.48. The zero-order chi connectivity index (χ0) is 20.1. The first-order chi connectivity index (χ1) is 13.5.